The van der Waals surface area contributed by atoms with Crippen molar-refractivity contribution < 1.29 is 14.6 Å². The summed E-state index contributed by atoms with van der Waals surface area (Å²) >= 11 is 0. The SMILES string of the molecule is O=C1c2cc3ccccc3cc2[C@H](O)[C@@H]2O[C@H]12. The number of aliphatic hydroxyl groups excluding tert-OH is 1. The number of hydrogen-bond donors (Lipinski definition) is 1. The second kappa shape index (κ2) is 2.94. The van der Waals surface area contributed by atoms with Crippen LogP contribution in [0.3, 0.4) is 0 Å². The van der Waals surface area contributed by atoms with E-state index in [4.69, 9.17) is 4.74 Å². The predicted molar refractivity (Wildman–Crippen MR) is 61.9 cm³/mol. The summed E-state index contributed by atoms with van der Waals surface area (Å²) < 4.78 is 5.21. The van der Waals surface area contributed by atoms with E-state index in [1.165, 1.54) is 0 Å². The van der Waals surface area contributed by atoms with E-state index in [0.717, 1.165) is 10.8 Å². The fourth-order valence-corrected chi connectivity index (χ4v) is 2.62. The van der Waals surface area contributed by atoms with Gasteiger partial charge in [-0.3, -0.25) is 4.79 Å². The minimum atomic E-state index is -0.669. The van der Waals surface area contributed by atoms with Gasteiger partial charge in [-0.15, -0.1) is 0 Å². The van der Waals surface area contributed by atoms with Crippen molar-refractivity contribution in [3.63, 3.8) is 0 Å². The molecule has 1 aliphatic carbocycles. The molecule has 0 aromatic heterocycles. The van der Waals surface area contributed by atoms with Gasteiger partial charge in [0.05, 0.1) is 0 Å². The van der Waals surface area contributed by atoms with E-state index < -0.39 is 12.2 Å². The predicted octanol–water partition coefficient (Wildman–Crippen LogP) is 1.84. The first-order valence-corrected chi connectivity index (χ1v) is 5.66. The van der Waals surface area contributed by atoms with Crippen LogP contribution in [0, 0.1) is 0 Å². The van der Waals surface area contributed by atoms with E-state index >= 15 is 0 Å². The van der Waals surface area contributed by atoms with Gasteiger partial charge in [-0.1, -0.05) is 24.3 Å². The molecule has 0 saturated carbocycles. The molecule has 1 saturated heterocycles. The van der Waals surface area contributed by atoms with Gasteiger partial charge in [-0.25, -0.2) is 0 Å². The first-order chi connectivity index (χ1) is 8.25. The van der Waals surface area contributed by atoms with Crippen LogP contribution in [-0.2, 0) is 4.74 Å². The maximum absolute atomic E-state index is 12.0. The summed E-state index contributed by atoms with van der Waals surface area (Å²) in [6.07, 6.45) is -1.41. The van der Waals surface area contributed by atoms with Crippen LogP contribution in [0.25, 0.3) is 10.8 Å². The number of fused-ring (bicyclic) bond motifs is 3. The van der Waals surface area contributed by atoms with Crippen molar-refractivity contribution in [2.24, 2.45) is 0 Å². The van der Waals surface area contributed by atoms with Crippen LogP contribution in [0.15, 0.2) is 36.4 Å². The summed E-state index contributed by atoms with van der Waals surface area (Å²) in [5.74, 6) is 0.000975. The number of aliphatic hydroxyl groups is 1. The number of carbonyl (C=O) groups is 1. The first kappa shape index (κ1) is 9.33. The quantitative estimate of drug-likeness (QED) is 0.697. The summed E-state index contributed by atoms with van der Waals surface area (Å²) in [5.41, 5.74) is 1.31. The van der Waals surface area contributed by atoms with Gasteiger partial charge < -0.3 is 9.84 Å². The minimum absolute atomic E-state index is 0.000975. The number of benzene rings is 2. The molecular weight excluding hydrogens is 216 g/mol. The Morgan fingerprint density at radius 3 is 2.59 bits per heavy atom. The van der Waals surface area contributed by atoms with Crippen molar-refractivity contribution in [1.82, 2.24) is 0 Å². The van der Waals surface area contributed by atoms with Crippen LogP contribution in [0.1, 0.15) is 22.0 Å². The number of carbonyl (C=O) groups excluding carboxylic acids is 1. The van der Waals surface area contributed by atoms with Crippen LogP contribution in [0.5, 0.6) is 0 Å². The number of Topliss-reactive ketones (excluding diaryl/α,β-unsaturated/α-hetero) is 1. The molecule has 1 heterocycles. The highest BCUT2D eigenvalue weighted by molar-refractivity contribution is 6.07. The average molecular weight is 226 g/mol. The van der Waals surface area contributed by atoms with E-state index in [-0.39, 0.29) is 11.9 Å². The lowest BCUT2D eigenvalue weighted by Gasteiger charge is -2.17. The third-order valence-electron chi connectivity index (χ3n) is 3.60. The highest BCUT2D eigenvalue weighted by atomic mass is 16.6. The Bertz CT molecular complexity index is 647. The van der Waals surface area contributed by atoms with Crippen LogP contribution in [0.4, 0.5) is 0 Å². The van der Waals surface area contributed by atoms with Crippen molar-refractivity contribution in [3.05, 3.63) is 47.5 Å². The molecule has 0 amide bonds. The fraction of sp³-hybridized carbons (Fsp3) is 0.214. The lowest BCUT2D eigenvalue weighted by atomic mass is 9.86. The molecule has 2 aromatic carbocycles. The number of rotatable bonds is 0. The minimum Gasteiger partial charge on any atom is -0.386 e. The van der Waals surface area contributed by atoms with Crippen LogP contribution in [0.2, 0.25) is 0 Å². The molecule has 3 nitrogen and oxygen atoms in total. The molecule has 3 atom stereocenters. The Kier molecular flexibility index (Phi) is 1.62. The third-order valence-corrected chi connectivity index (χ3v) is 3.60. The second-order valence-corrected chi connectivity index (χ2v) is 4.62. The largest absolute Gasteiger partial charge is 0.386 e. The Hall–Kier alpha value is -1.71. The Labute approximate surface area is 97.6 Å². The summed E-state index contributed by atoms with van der Waals surface area (Å²) in [5, 5.41) is 12.1. The van der Waals surface area contributed by atoms with Gasteiger partial charge in [0, 0.05) is 5.56 Å². The van der Waals surface area contributed by atoms with Gasteiger partial charge in [-0.2, -0.15) is 0 Å². The van der Waals surface area contributed by atoms with E-state index in [0.29, 0.717) is 11.1 Å². The topological polar surface area (TPSA) is 49.8 Å². The zero-order valence-electron chi connectivity index (χ0n) is 8.96. The summed E-state index contributed by atoms with van der Waals surface area (Å²) in [4.78, 5) is 12.0. The number of epoxide rings is 1. The Balaban J connectivity index is 2.04. The molecule has 0 bridgehead atoms. The van der Waals surface area contributed by atoms with Crippen molar-refractivity contribution in [3.8, 4) is 0 Å². The van der Waals surface area contributed by atoms with Crippen molar-refractivity contribution >= 4 is 16.6 Å². The molecule has 17 heavy (non-hydrogen) atoms. The zero-order valence-corrected chi connectivity index (χ0v) is 8.96. The Morgan fingerprint density at radius 2 is 1.82 bits per heavy atom. The van der Waals surface area contributed by atoms with Crippen molar-refractivity contribution in [2.75, 3.05) is 0 Å². The molecule has 1 fully saturated rings. The van der Waals surface area contributed by atoms with Crippen LogP contribution in [-0.4, -0.2) is 23.1 Å². The summed E-state index contributed by atoms with van der Waals surface area (Å²) in [6.45, 7) is 0. The molecule has 1 aliphatic heterocycles. The third kappa shape index (κ3) is 1.15. The van der Waals surface area contributed by atoms with Gasteiger partial charge in [0.15, 0.2) is 5.78 Å². The van der Waals surface area contributed by atoms with Gasteiger partial charge >= 0.3 is 0 Å². The van der Waals surface area contributed by atoms with Crippen molar-refractivity contribution in [1.29, 1.82) is 0 Å². The van der Waals surface area contributed by atoms with E-state index in [1.807, 2.05) is 36.4 Å². The number of hydrogen-bond acceptors (Lipinski definition) is 3. The van der Waals surface area contributed by atoms with Gasteiger partial charge in [0.1, 0.15) is 18.3 Å². The lowest BCUT2D eigenvalue weighted by molar-refractivity contribution is 0.0941. The van der Waals surface area contributed by atoms with Gasteiger partial charge in [-0.05, 0) is 28.5 Å². The summed E-state index contributed by atoms with van der Waals surface area (Å²) in [6, 6.07) is 11.6. The highest BCUT2D eigenvalue weighted by Crippen LogP contribution is 2.43. The van der Waals surface area contributed by atoms with Crippen molar-refractivity contribution in [2.45, 2.75) is 18.3 Å². The molecular formula is C14H10O3. The Morgan fingerprint density at radius 1 is 1.12 bits per heavy atom. The molecule has 2 aromatic rings. The standard InChI is InChI=1S/C14H10O3/c15-11-9-5-7-3-1-2-4-8(7)6-10(9)12(16)14-13(11)17-14/h1-6,11,13-15H/t11-,13-,14+/m0/s1. The smallest absolute Gasteiger partial charge is 0.194 e. The van der Waals surface area contributed by atoms with Crippen LogP contribution >= 0.6 is 0 Å². The van der Waals surface area contributed by atoms with Crippen LogP contribution < -0.4 is 0 Å². The van der Waals surface area contributed by atoms with Gasteiger partial charge in [0.25, 0.3) is 0 Å². The average Bonchev–Trinajstić information content (AvgIpc) is 3.15. The fourth-order valence-electron chi connectivity index (χ4n) is 2.62. The maximum Gasteiger partial charge on any atom is 0.194 e. The zero-order chi connectivity index (χ0) is 11.6. The molecule has 84 valence electrons. The monoisotopic (exact) mass is 226 g/mol. The molecule has 0 radical (unpaired) electrons. The lowest BCUT2D eigenvalue weighted by Crippen LogP contribution is -2.24. The second-order valence-electron chi connectivity index (χ2n) is 4.62. The molecule has 1 N–H and O–H groups in total. The molecule has 0 unspecified atom stereocenters. The maximum atomic E-state index is 12.0. The molecule has 2 aliphatic rings. The summed E-state index contributed by atoms with van der Waals surface area (Å²) in [7, 11) is 0. The van der Waals surface area contributed by atoms with Gasteiger partial charge in [0.2, 0.25) is 0 Å². The molecule has 0 spiro atoms. The molecule has 4 rings (SSSR count). The number of ketones is 1. The first-order valence-electron chi connectivity index (χ1n) is 5.66. The molecule has 3 heteroatoms. The van der Waals surface area contributed by atoms with E-state index in [2.05, 4.69) is 0 Å². The van der Waals surface area contributed by atoms with E-state index in [9.17, 15) is 9.90 Å². The normalized spacial score (nSPS) is 29.9. The highest BCUT2D eigenvalue weighted by Gasteiger charge is 2.54. The number of ether oxygens (including phenoxy) is 1. The van der Waals surface area contributed by atoms with E-state index in [1.54, 1.807) is 0 Å².